The second-order valence-electron chi connectivity index (χ2n) is 10.9. The van der Waals surface area contributed by atoms with Crippen molar-refractivity contribution in [1.29, 1.82) is 5.26 Å². The third-order valence-corrected chi connectivity index (χ3v) is 7.61. The standard InChI is InChI=1S/C27H32ClN3O3/c1-27(2)9-8-17(24(33)14-27)11-20(15-29)30-26(34)19(10-16-6-7-16)13-23(32)22-12-18-4-3-5-21(28)25(18)31-22/h3-5,12,16-17,19-20,31H,6-11,13-14H2,1-2H3,(H,30,34). The summed E-state index contributed by atoms with van der Waals surface area (Å²) in [5.74, 6) is -0.497. The predicted octanol–water partition coefficient (Wildman–Crippen LogP) is 5.60. The first kappa shape index (κ1) is 24.5. The van der Waals surface area contributed by atoms with Crippen LogP contribution in [0.1, 0.15) is 75.7 Å². The van der Waals surface area contributed by atoms with Crippen molar-refractivity contribution in [3.8, 4) is 6.07 Å². The van der Waals surface area contributed by atoms with Crippen LogP contribution in [-0.2, 0) is 9.59 Å². The van der Waals surface area contributed by atoms with Crippen molar-refractivity contribution in [2.75, 3.05) is 0 Å². The van der Waals surface area contributed by atoms with Crippen molar-refractivity contribution in [2.24, 2.45) is 23.2 Å². The van der Waals surface area contributed by atoms with Crippen LogP contribution in [-0.4, -0.2) is 28.5 Å². The Balaban J connectivity index is 1.41. The first-order chi connectivity index (χ1) is 16.1. The summed E-state index contributed by atoms with van der Waals surface area (Å²) in [6.07, 6.45) is 5.35. The van der Waals surface area contributed by atoms with Crippen LogP contribution in [0.2, 0.25) is 5.02 Å². The van der Waals surface area contributed by atoms with Crippen molar-refractivity contribution in [3.63, 3.8) is 0 Å². The van der Waals surface area contributed by atoms with Crippen molar-refractivity contribution in [3.05, 3.63) is 35.0 Å². The lowest BCUT2D eigenvalue weighted by molar-refractivity contribution is -0.129. The lowest BCUT2D eigenvalue weighted by atomic mass is 9.71. The number of H-pyrrole nitrogens is 1. The number of nitrogens with one attached hydrogen (secondary N) is 2. The van der Waals surface area contributed by atoms with E-state index in [1.807, 2.05) is 12.1 Å². The van der Waals surface area contributed by atoms with Crippen LogP contribution >= 0.6 is 11.6 Å². The number of aromatic amines is 1. The summed E-state index contributed by atoms with van der Waals surface area (Å²) in [4.78, 5) is 41.9. The molecule has 6 nitrogen and oxygen atoms in total. The van der Waals surface area contributed by atoms with Gasteiger partial charge in [0.2, 0.25) is 5.91 Å². The minimum atomic E-state index is -0.730. The Labute approximate surface area is 205 Å². The number of hydrogen-bond acceptors (Lipinski definition) is 4. The zero-order chi connectivity index (χ0) is 24.5. The number of aromatic nitrogens is 1. The first-order valence-corrected chi connectivity index (χ1v) is 12.6. The van der Waals surface area contributed by atoms with E-state index in [1.165, 1.54) is 0 Å². The second-order valence-corrected chi connectivity index (χ2v) is 11.3. The molecule has 1 amide bonds. The Morgan fingerprint density at radius 3 is 2.68 bits per heavy atom. The van der Waals surface area contributed by atoms with Gasteiger partial charge in [0, 0.05) is 30.1 Å². The van der Waals surface area contributed by atoms with Gasteiger partial charge in [-0.1, -0.05) is 50.4 Å². The number of halogens is 1. The number of rotatable bonds is 9. The molecule has 34 heavy (non-hydrogen) atoms. The number of amides is 1. The van der Waals surface area contributed by atoms with E-state index < -0.39 is 12.0 Å². The zero-order valence-corrected chi connectivity index (χ0v) is 20.6. The molecular weight excluding hydrogens is 450 g/mol. The third kappa shape index (κ3) is 5.88. The highest BCUT2D eigenvalue weighted by Crippen LogP contribution is 2.38. The molecule has 180 valence electrons. The summed E-state index contributed by atoms with van der Waals surface area (Å²) in [5, 5.41) is 13.9. The molecule has 2 aromatic rings. The molecule has 0 bridgehead atoms. The van der Waals surface area contributed by atoms with Crippen LogP contribution in [0.5, 0.6) is 0 Å². The number of benzene rings is 1. The van der Waals surface area contributed by atoms with E-state index in [-0.39, 0.29) is 35.2 Å². The van der Waals surface area contributed by atoms with Crippen LogP contribution < -0.4 is 5.32 Å². The average Bonchev–Trinajstić information content (AvgIpc) is 3.48. The number of carbonyl (C=O) groups is 3. The minimum Gasteiger partial charge on any atom is -0.351 e. The molecule has 2 N–H and O–H groups in total. The molecule has 0 saturated heterocycles. The average molecular weight is 482 g/mol. The fourth-order valence-electron chi connectivity index (χ4n) is 5.04. The number of hydrogen-bond donors (Lipinski definition) is 2. The SMILES string of the molecule is CC1(C)CCC(CC(C#N)NC(=O)C(CC(=O)c2cc3cccc(Cl)c3[nH]2)CC2CC2)C(=O)C1. The largest absolute Gasteiger partial charge is 0.351 e. The number of ketones is 2. The van der Waals surface area contributed by atoms with E-state index in [1.54, 1.807) is 12.1 Å². The third-order valence-electron chi connectivity index (χ3n) is 7.29. The highest BCUT2D eigenvalue weighted by molar-refractivity contribution is 6.35. The summed E-state index contributed by atoms with van der Waals surface area (Å²) in [5.41, 5.74) is 1.14. The highest BCUT2D eigenvalue weighted by Gasteiger charge is 2.36. The molecule has 0 aliphatic heterocycles. The molecule has 7 heteroatoms. The van der Waals surface area contributed by atoms with Gasteiger partial charge in [-0.15, -0.1) is 0 Å². The second kappa shape index (κ2) is 9.92. The summed E-state index contributed by atoms with van der Waals surface area (Å²) < 4.78 is 0. The molecule has 2 aliphatic carbocycles. The van der Waals surface area contributed by atoms with Gasteiger partial charge in [0.05, 0.1) is 22.3 Å². The number of nitriles is 1. The maximum absolute atomic E-state index is 13.2. The molecule has 2 saturated carbocycles. The normalized spacial score (nSPS) is 21.6. The summed E-state index contributed by atoms with van der Waals surface area (Å²) >= 11 is 6.23. The lowest BCUT2D eigenvalue weighted by Crippen LogP contribution is -2.42. The smallest absolute Gasteiger partial charge is 0.224 e. The van der Waals surface area contributed by atoms with Gasteiger partial charge in [-0.2, -0.15) is 5.26 Å². The topological polar surface area (TPSA) is 103 Å². The predicted molar refractivity (Wildman–Crippen MR) is 131 cm³/mol. The molecule has 0 radical (unpaired) electrons. The Morgan fingerprint density at radius 1 is 1.26 bits per heavy atom. The van der Waals surface area contributed by atoms with E-state index in [0.29, 0.717) is 41.4 Å². The molecule has 0 spiro atoms. The molecule has 2 fully saturated rings. The molecule has 1 heterocycles. The van der Waals surface area contributed by atoms with Crippen LogP contribution in [0, 0.1) is 34.5 Å². The van der Waals surface area contributed by atoms with Gasteiger partial charge in [0.15, 0.2) is 5.78 Å². The number of fused-ring (bicyclic) bond motifs is 1. The number of carbonyl (C=O) groups excluding carboxylic acids is 3. The summed E-state index contributed by atoms with van der Waals surface area (Å²) in [6, 6.07) is 8.68. The van der Waals surface area contributed by atoms with Crippen molar-refractivity contribution in [2.45, 2.75) is 71.3 Å². The number of para-hydroxylation sites is 1. The summed E-state index contributed by atoms with van der Waals surface area (Å²) in [7, 11) is 0. The Bertz CT molecular complexity index is 1140. The van der Waals surface area contributed by atoms with E-state index >= 15 is 0 Å². The molecule has 2 aliphatic rings. The van der Waals surface area contributed by atoms with E-state index in [0.717, 1.165) is 31.1 Å². The van der Waals surface area contributed by atoms with Crippen LogP contribution in [0.4, 0.5) is 0 Å². The molecule has 1 aromatic heterocycles. The maximum Gasteiger partial charge on any atom is 0.224 e. The van der Waals surface area contributed by atoms with Crippen molar-refractivity contribution in [1.82, 2.24) is 10.3 Å². The van der Waals surface area contributed by atoms with Gasteiger partial charge < -0.3 is 10.3 Å². The van der Waals surface area contributed by atoms with Gasteiger partial charge in [0.25, 0.3) is 0 Å². The van der Waals surface area contributed by atoms with Crippen LogP contribution in [0.25, 0.3) is 10.9 Å². The Morgan fingerprint density at radius 2 is 2.03 bits per heavy atom. The first-order valence-electron chi connectivity index (χ1n) is 12.2. The Hall–Kier alpha value is -2.65. The van der Waals surface area contributed by atoms with Crippen LogP contribution in [0.15, 0.2) is 24.3 Å². The molecule has 1 aromatic carbocycles. The van der Waals surface area contributed by atoms with E-state index in [4.69, 9.17) is 11.6 Å². The molecule has 3 unspecified atom stereocenters. The maximum atomic E-state index is 13.2. The van der Waals surface area contributed by atoms with Gasteiger partial charge in [-0.25, -0.2) is 0 Å². The number of Topliss-reactive ketones (excluding diaryl/α,β-unsaturated/α-hetero) is 2. The van der Waals surface area contributed by atoms with Crippen molar-refractivity contribution >= 4 is 40.0 Å². The van der Waals surface area contributed by atoms with Crippen molar-refractivity contribution < 1.29 is 14.4 Å². The molecule has 4 rings (SSSR count). The van der Waals surface area contributed by atoms with Gasteiger partial charge in [-0.05, 0) is 49.1 Å². The van der Waals surface area contributed by atoms with Gasteiger partial charge >= 0.3 is 0 Å². The quantitative estimate of drug-likeness (QED) is 0.454. The monoisotopic (exact) mass is 481 g/mol. The van der Waals surface area contributed by atoms with Gasteiger partial charge in [0.1, 0.15) is 11.8 Å². The zero-order valence-electron chi connectivity index (χ0n) is 19.8. The van der Waals surface area contributed by atoms with Crippen LogP contribution in [0.3, 0.4) is 0 Å². The summed E-state index contributed by atoms with van der Waals surface area (Å²) in [6.45, 7) is 4.18. The highest BCUT2D eigenvalue weighted by atomic mass is 35.5. The fraction of sp³-hybridized carbons (Fsp3) is 0.556. The van der Waals surface area contributed by atoms with E-state index in [9.17, 15) is 19.6 Å². The fourth-order valence-corrected chi connectivity index (χ4v) is 5.27. The lowest BCUT2D eigenvalue weighted by Gasteiger charge is -2.34. The van der Waals surface area contributed by atoms with Gasteiger partial charge in [-0.3, -0.25) is 14.4 Å². The Kier molecular flexibility index (Phi) is 7.14. The minimum absolute atomic E-state index is 0.00153. The molecular formula is C27H32ClN3O3. The molecule has 3 atom stereocenters. The number of nitrogens with zero attached hydrogens (tertiary/aromatic N) is 1. The van der Waals surface area contributed by atoms with E-state index in [2.05, 4.69) is 30.2 Å².